The summed E-state index contributed by atoms with van der Waals surface area (Å²) in [6, 6.07) is 1.27. The molecule has 0 saturated carbocycles. The van der Waals surface area contributed by atoms with Crippen LogP contribution in [0.15, 0.2) is 38.8 Å². The Morgan fingerprint density at radius 2 is 1.72 bits per heavy atom. The van der Waals surface area contributed by atoms with Gasteiger partial charge in [-0.3, -0.25) is 28.3 Å². The van der Waals surface area contributed by atoms with Gasteiger partial charge < -0.3 is 20.3 Å². The Morgan fingerprint density at radius 1 is 1.08 bits per heavy atom. The molecule has 2 aliphatic rings. The van der Waals surface area contributed by atoms with Gasteiger partial charge in [0.25, 0.3) is 5.56 Å². The van der Waals surface area contributed by atoms with Crippen LogP contribution in [0.5, 0.6) is 17.2 Å². The van der Waals surface area contributed by atoms with E-state index in [2.05, 4.69) is 5.32 Å². The van der Waals surface area contributed by atoms with E-state index in [1.807, 2.05) is 0 Å². The van der Waals surface area contributed by atoms with E-state index in [4.69, 9.17) is 4.74 Å². The first-order valence-electron chi connectivity index (χ1n) is 11.0. The standard InChI is InChI=1S/C25H25N3O8/c1-10-20(32)18(12(3)29)22-19(21(10)33)25(4)15(36-22)8-14(30)17(23(25)34)11(2)26-9-13-7-16(31)28(6)24(35)27(13)5/h7-8,26,32-33H,9H2,1-6H3. The summed E-state index contributed by atoms with van der Waals surface area (Å²) in [6.45, 7) is 5.57. The highest BCUT2D eigenvalue weighted by Crippen LogP contribution is 2.57. The van der Waals surface area contributed by atoms with Crippen molar-refractivity contribution in [3.05, 3.63) is 72.4 Å². The lowest BCUT2D eigenvalue weighted by molar-refractivity contribution is -0.123. The number of ketones is 3. The number of Topliss-reactive ketones (excluding diaryl/α,β-unsaturated/α-hetero) is 2. The SMILES string of the molecule is CC(=O)c1c(O)c(C)c(O)c2c1OC1=CC(=O)C(=C(C)NCc3cc(=O)n(C)c(=O)n3C)C(=O)C12C. The summed E-state index contributed by atoms with van der Waals surface area (Å²) in [5.74, 6) is -2.99. The molecule has 0 fully saturated rings. The molecule has 0 bridgehead atoms. The molecule has 4 rings (SSSR count). The zero-order valence-electron chi connectivity index (χ0n) is 20.6. The predicted octanol–water partition coefficient (Wildman–Crippen LogP) is 0.756. The number of carbonyl (C=O) groups is 3. The van der Waals surface area contributed by atoms with Crippen LogP contribution in [0, 0.1) is 6.92 Å². The second-order valence-corrected chi connectivity index (χ2v) is 9.11. The van der Waals surface area contributed by atoms with E-state index >= 15 is 0 Å². The predicted molar refractivity (Wildman–Crippen MR) is 127 cm³/mol. The molecular weight excluding hydrogens is 470 g/mol. The van der Waals surface area contributed by atoms with Gasteiger partial charge in [0.15, 0.2) is 17.3 Å². The topological polar surface area (TPSA) is 157 Å². The number of aromatic hydroxyl groups is 2. The van der Waals surface area contributed by atoms with Crippen molar-refractivity contribution in [1.29, 1.82) is 0 Å². The zero-order chi connectivity index (χ0) is 26.9. The van der Waals surface area contributed by atoms with Gasteiger partial charge in [-0.05, 0) is 27.7 Å². The van der Waals surface area contributed by atoms with Crippen molar-refractivity contribution in [2.45, 2.75) is 39.7 Å². The van der Waals surface area contributed by atoms with Crippen molar-refractivity contribution in [2.24, 2.45) is 14.1 Å². The molecule has 0 saturated heterocycles. The van der Waals surface area contributed by atoms with Gasteiger partial charge in [0, 0.05) is 43.2 Å². The van der Waals surface area contributed by atoms with E-state index in [0.29, 0.717) is 5.69 Å². The van der Waals surface area contributed by atoms with Crippen LogP contribution in [-0.4, -0.2) is 36.7 Å². The Bertz CT molecular complexity index is 1590. The van der Waals surface area contributed by atoms with Crippen LogP contribution in [0.2, 0.25) is 0 Å². The summed E-state index contributed by atoms with van der Waals surface area (Å²) in [7, 11) is 2.85. The number of ether oxygens (including phenoxy) is 1. The van der Waals surface area contributed by atoms with E-state index in [1.165, 1.54) is 52.4 Å². The van der Waals surface area contributed by atoms with Crippen LogP contribution in [0.4, 0.5) is 0 Å². The van der Waals surface area contributed by atoms with Crippen LogP contribution < -0.4 is 21.3 Å². The van der Waals surface area contributed by atoms with Gasteiger partial charge in [0.1, 0.15) is 34.0 Å². The number of phenolic OH excluding ortho intramolecular Hbond substituents is 2. The fourth-order valence-corrected chi connectivity index (χ4v) is 4.62. The minimum atomic E-state index is -1.64. The third-order valence-electron chi connectivity index (χ3n) is 6.92. The number of aromatic nitrogens is 2. The Hall–Kier alpha value is -4.41. The van der Waals surface area contributed by atoms with Crippen molar-refractivity contribution in [3.63, 3.8) is 0 Å². The minimum absolute atomic E-state index is 0.00155. The van der Waals surface area contributed by atoms with Crippen LogP contribution in [-0.2, 0) is 35.6 Å². The van der Waals surface area contributed by atoms with E-state index in [-0.39, 0.29) is 46.0 Å². The van der Waals surface area contributed by atoms with Gasteiger partial charge in [-0.25, -0.2) is 4.79 Å². The third kappa shape index (κ3) is 3.23. The number of benzene rings is 1. The van der Waals surface area contributed by atoms with E-state index < -0.39 is 45.5 Å². The molecule has 36 heavy (non-hydrogen) atoms. The molecular formula is C25H25N3O8. The molecule has 1 aromatic carbocycles. The van der Waals surface area contributed by atoms with E-state index in [9.17, 15) is 34.2 Å². The number of rotatable bonds is 4. The highest BCUT2D eigenvalue weighted by Gasteiger charge is 2.56. The fraction of sp³-hybridized carbons (Fsp3) is 0.320. The highest BCUT2D eigenvalue weighted by molar-refractivity contribution is 6.31. The summed E-state index contributed by atoms with van der Waals surface area (Å²) in [5, 5.41) is 24.2. The Balaban J connectivity index is 1.82. The maximum Gasteiger partial charge on any atom is 0.330 e. The third-order valence-corrected chi connectivity index (χ3v) is 6.92. The van der Waals surface area contributed by atoms with Gasteiger partial charge in [-0.15, -0.1) is 0 Å². The van der Waals surface area contributed by atoms with Gasteiger partial charge in [-0.1, -0.05) is 0 Å². The number of allylic oxidation sites excluding steroid dienone is 4. The molecule has 1 aliphatic carbocycles. The number of fused-ring (bicyclic) bond motifs is 3. The molecule has 1 aliphatic heterocycles. The summed E-state index contributed by atoms with van der Waals surface area (Å²) in [5.41, 5.74) is -2.54. The smallest absolute Gasteiger partial charge is 0.330 e. The maximum atomic E-state index is 13.8. The molecule has 0 amide bonds. The molecule has 0 spiro atoms. The molecule has 11 nitrogen and oxygen atoms in total. The molecule has 11 heteroatoms. The second kappa shape index (κ2) is 8.08. The first-order valence-corrected chi connectivity index (χ1v) is 11.0. The summed E-state index contributed by atoms with van der Waals surface area (Å²) >= 11 is 0. The van der Waals surface area contributed by atoms with Gasteiger partial charge >= 0.3 is 5.69 Å². The summed E-state index contributed by atoms with van der Waals surface area (Å²) < 4.78 is 7.96. The molecule has 3 N–H and O–H groups in total. The number of nitrogens with zero attached hydrogens (tertiary/aromatic N) is 2. The molecule has 0 radical (unpaired) electrons. The van der Waals surface area contributed by atoms with E-state index in [0.717, 1.165) is 10.6 Å². The lowest BCUT2D eigenvalue weighted by atomic mass is 9.70. The number of hydrogen-bond donors (Lipinski definition) is 3. The highest BCUT2D eigenvalue weighted by atomic mass is 16.5. The van der Waals surface area contributed by atoms with Crippen LogP contribution in [0.1, 0.15) is 48.0 Å². The van der Waals surface area contributed by atoms with Crippen LogP contribution in [0.25, 0.3) is 0 Å². The van der Waals surface area contributed by atoms with E-state index in [1.54, 1.807) is 0 Å². The van der Waals surface area contributed by atoms with Crippen molar-refractivity contribution in [2.75, 3.05) is 0 Å². The lowest BCUT2D eigenvalue weighted by Crippen LogP contribution is -2.41. The summed E-state index contributed by atoms with van der Waals surface area (Å²) in [6.07, 6.45) is 1.12. The number of phenols is 2. The first kappa shape index (κ1) is 24.7. The number of carbonyl (C=O) groups excluding carboxylic acids is 3. The largest absolute Gasteiger partial charge is 0.507 e. The zero-order valence-corrected chi connectivity index (χ0v) is 20.6. The second-order valence-electron chi connectivity index (χ2n) is 9.11. The minimum Gasteiger partial charge on any atom is -0.507 e. The van der Waals surface area contributed by atoms with Crippen molar-refractivity contribution in [3.8, 4) is 17.2 Å². The van der Waals surface area contributed by atoms with Crippen LogP contribution >= 0.6 is 0 Å². The van der Waals surface area contributed by atoms with Crippen LogP contribution in [0.3, 0.4) is 0 Å². The molecule has 2 aromatic rings. The van der Waals surface area contributed by atoms with Gasteiger partial charge in [-0.2, -0.15) is 0 Å². The molecule has 1 aromatic heterocycles. The average molecular weight is 495 g/mol. The Labute approximate surface area is 204 Å². The Morgan fingerprint density at radius 3 is 2.33 bits per heavy atom. The Kier molecular flexibility index (Phi) is 5.54. The first-order chi connectivity index (χ1) is 16.7. The van der Waals surface area contributed by atoms with Crippen molar-refractivity contribution in [1.82, 2.24) is 14.5 Å². The van der Waals surface area contributed by atoms with Gasteiger partial charge in [0.05, 0.1) is 17.7 Å². The maximum absolute atomic E-state index is 13.8. The molecule has 188 valence electrons. The molecule has 1 unspecified atom stereocenters. The summed E-state index contributed by atoms with van der Waals surface area (Å²) in [4.78, 5) is 63.3. The average Bonchev–Trinajstić information content (AvgIpc) is 3.10. The number of nitrogens with one attached hydrogen (secondary N) is 1. The van der Waals surface area contributed by atoms with Crippen molar-refractivity contribution >= 4 is 17.3 Å². The monoisotopic (exact) mass is 495 g/mol. The lowest BCUT2D eigenvalue weighted by Gasteiger charge is -2.29. The fourth-order valence-electron chi connectivity index (χ4n) is 4.62. The molecule has 2 heterocycles. The number of hydrogen-bond acceptors (Lipinski definition) is 9. The normalized spacial score (nSPS) is 19.9. The molecule has 1 atom stereocenters. The van der Waals surface area contributed by atoms with Crippen molar-refractivity contribution < 1.29 is 29.3 Å². The van der Waals surface area contributed by atoms with Gasteiger partial charge in [0.2, 0.25) is 0 Å². The quantitative estimate of drug-likeness (QED) is 0.316.